The summed E-state index contributed by atoms with van der Waals surface area (Å²) in [6.45, 7) is 2.03. The monoisotopic (exact) mass is 213 g/mol. The van der Waals surface area contributed by atoms with Gasteiger partial charge in [0.15, 0.2) is 0 Å². The highest BCUT2D eigenvalue weighted by molar-refractivity contribution is 5.51. The molecule has 0 amide bonds. The first-order valence-corrected chi connectivity index (χ1v) is 6.17. The zero-order valence-corrected chi connectivity index (χ0v) is 9.95. The van der Waals surface area contributed by atoms with E-state index in [0.29, 0.717) is 0 Å². The lowest BCUT2D eigenvalue weighted by molar-refractivity contribution is 0.708. The zero-order valence-electron chi connectivity index (χ0n) is 9.95. The van der Waals surface area contributed by atoms with Gasteiger partial charge in [0.2, 0.25) is 0 Å². The van der Waals surface area contributed by atoms with Crippen LogP contribution in [0.4, 0.5) is 0 Å². The lowest BCUT2D eigenvalue weighted by atomic mass is 10.1. The Morgan fingerprint density at radius 3 is 2.88 bits per heavy atom. The summed E-state index contributed by atoms with van der Waals surface area (Å²) in [5.41, 5.74) is 4.00. The molecule has 0 spiro atoms. The van der Waals surface area contributed by atoms with E-state index in [2.05, 4.69) is 23.2 Å². The molecule has 0 saturated heterocycles. The summed E-state index contributed by atoms with van der Waals surface area (Å²) in [5.74, 6) is 0. The van der Waals surface area contributed by atoms with E-state index in [-0.39, 0.29) is 0 Å². The molecular formula is C15H19N. The Bertz CT molecular complexity index is 402. The third kappa shape index (κ3) is 2.82. The highest BCUT2D eigenvalue weighted by atomic mass is 14.7. The van der Waals surface area contributed by atoms with Crippen LogP contribution in [0.25, 0.3) is 6.08 Å². The van der Waals surface area contributed by atoms with Gasteiger partial charge < -0.3 is 0 Å². The first kappa shape index (κ1) is 11.1. The van der Waals surface area contributed by atoms with E-state index < -0.39 is 0 Å². The Kier molecular flexibility index (Phi) is 3.92. The normalized spacial score (nSPS) is 16.6. The molecule has 1 nitrogen and oxygen atoms in total. The Balaban J connectivity index is 2.20. The summed E-state index contributed by atoms with van der Waals surface area (Å²) in [6.07, 6.45) is 16.6. The molecular weight excluding hydrogens is 194 g/mol. The second-order valence-electron chi connectivity index (χ2n) is 4.32. The number of fused-ring (bicyclic) bond motifs is 1. The van der Waals surface area contributed by atoms with Crippen molar-refractivity contribution in [3.63, 3.8) is 0 Å². The number of hydrogen-bond acceptors (Lipinski definition) is 1. The average Bonchev–Trinajstić information content (AvgIpc) is 2.54. The van der Waals surface area contributed by atoms with Crippen LogP contribution in [0.15, 0.2) is 30.5 Å². The van der Waals surface area contributed by atoms with Crippen molar-refractivity contribution in [1.82, 2.24) is 4.98 Å². The first-order chi connectivity index (χ1) is 7.90. The van der Waals surface area contributed by atoms with Gasteiger partial charge in [0.05, 0.1) is 0 Å². The molecule has 1 aliphatic carbocycles. The molecule has 2 rings (SSSR count). The number of nitrogens with zero attached hydrogens (tertiary/aromatic N) is 1. The van der Waals surface area contributed by atoms with Gasteiger partial charge in [0, 0.05) is 11.9 Å². The van der Waals surface area contributed by atoms with Crippen LogP contribution in [0.2, 0.25) is 0 Å². The van der Waals surface area contributed by atoms with Gasteiger partial charge >= 0.3 is 0 Å². The lowest BCUT2D eigenvalue weighted by Gasteiger charge is -2.04. The first-order valence-electron chi connectivity index (χ1n) is 6.17. The van der Waals surface area contributed by atoms with Crippen molar-refractivity contribution in [2.45, 2.75) is 39.0 Å². The molecule has 1 aliphatic rings. The van der Waals surface area contributed by atoms with Gasteiger partial charge in [0.1, 0.15) is 0 Å². The smallest absolute Gasteiger partial charge is 0.0436 e. The summed E-state index contributed by atoms with van der Waals surface area (Å²) in [7, 11) is 0. The predicted molar refractivity (Wildman–Crippen MR) is 69.3 cm³/mol. The van der Waals surface area contributed by atoms with Gasteiger partial charge in [-0.2, -0.15) is 0 Å². The summed E-state index contributed by atoms with van der Waals surface area (Å²) in [5, 5.41) is 0. The molecule has 1 aromatic rings. The van der Waals surface area contributed by atoms with Gasteiger partial charge in [-0.3, -0.25) is 4.98 Å². The molecule has 0 fully saturated rings. The van der Waals surface area contributed by atoms with E-state index in [4.69, 9.17) is 0 Å². The van der Waals surface area contributed by atoms with Crippen LogP contribution < -0.4 is 0 Å². The van der Waals surface area contributed by atoms with Crippen LogP contribution >= 0.6 is 0 Å². The molecule has 0 bridgehead atoms. The third-order valence-electron chi connectivity index (χ3n) is 3.03. The largest absolute Gasteiger partial charge is 0.260 e. The fourth-order valence-electron chi connectivity index (χ4n) is 2.15. The molecule has 1 heterocycles. The Morgan fingerprint density at radius 1 is 1.12 bits per heavy atom. The fraction of sp³-hybridized carbons (Fsp3) is 0.400. The van der Waals surface area contributed by atoms with Gasteiger partial charge in [-0.25, -0.2) is 0 Å². The Labute approximate surface area is 97.9 Å². The molecule has 16 heavy (non-hydrogen) atoms. The molecule has 0 atom stereocenters. The number of pyridine rings is 1. The standard InChI is InChI=1S/C15H19N/c1-2-3-5-8-13-11-14-9-6-4-7-10-15(14)16-12-13/h2-3,5,8,11-12H,4,6-7,9-10H2,1H3/b3-2-,8-5-. The number of aryl methyl sites for hydroxylation is 2. The summed E-state index contributed by atoms with van der Waals surface area (Å²) in [6, 6.07) is 2.30. The average molecular weight is 213 g/mol. The molecule has 1 heteroatoms. The van der Waals surface area contributed by atoms with Crippen LogP contribution in [0.3, 0.4) is 0 Å². The maximum Gasteiger partial charge on any atom is 0.0436 e. The van der Waals surface area contributed by atoms with E-state index in [0.717, 1.165) is 6.42 Å². The molecule has 0 aromatic carbocycles. The van der Waals surface area contributed by atoms with Gasteiger partial charge in [0.25, 0.3) is 0 Å². The minimum atomic E-state index is 1.16. The third-order valence-corrected chi connectivity index (χ3v) is 3.03. The van der Waals surface area contributed by atoms with Gasteiger partial charge in [-0.1, -0.05) is 30.7 Å². The van der Waals surface area contributed by atoms with Crippen molar-refractivity contribution in [2.24, 2.45) is 0 Å². The fourth-order valence-corrected chi connectivity index (χ4v) is 2.15. The van der Waals surface area contributed by atoms with Crippen molar-refractivity contribution >= 4 is 6.08 Å². The highest BCUT2D eigenvalue weighted by Crippen LogP contribution is 2.20. The Morgan fingerprint density at radius 2 is 2.00 bits per heavy atom. The molecule has 1 aromatic heterocycles. The summed E-state index contributed by atoms with van der Waals surface area (Å²) in [4.78, 5) is 4.58. The van der Waals surface area contributed by atoms with E-state index >= 15 is 0 Å². The van der Waals surface area contributed by atoms with Crippen LogP contribution in [0, 0.1) is 0 Å². The quantitative estimate of drug-likeness (QED) is 0.535. The molecule has 0 aliphatic heterocycles. The molecule has 0 unspecified atom stereocenters. The van der Waals surface area contributed by atoms with E-state index in [1.165, 1.54) is 42.5 Å². The maximum atomic E-state index is 4.58. The number of allylic oxidation sites excluding steroid dienone is 3. The van der Waals surface area contributed by atoms with Gasteiger partial charge in [-0.15, -0.1) is 0 Å². The van der Waals surface area contributed by atoms with Crippen LogP contribution in [0.1, 0.15) is 43.0 Å². The van der Waals surface area contributed by atoms with Crippen molar-refractivity contribution < 1.29 is 0 Å². The number of hydrogen-bond donors (Lipinski definition) is 0. The van der Waals surface area contributed by atoms with E-state index in [1.807, 2.05) is 25.3 Å². The van der Waals surface area contributed by atoms with Crippen LogP contribution in [0.5, 0.6) is 0 Å². The second-order valence-corrected chi connectivity index (χ2v) is 4.32. The van der Waals surface area contributed by atoms with Gasteiger partial charge in [-0.05, 0) is 49.8 Å². The zero-order chi connectivity index (χ0) is 11.2. The second kappa shape index (κ2) is 5.64. The van der Waals surface area contributed by atoms with Crippen molar-refractivity contribution in [3.05, 3.63) is 47.3 Å². The topological polar surface area (TPSA) is 12.9 Å². The molecule has 0 saturated carbocycles. The van der Waals surface area contributed by atoms with Crippen LogP contribution in [-0.2, 0) is 12.8 Å². The summed E-state index contributed by atoms with van der Waals surface area (Å²) < 4.78 is 0. The van der Waals surface area contributed by atoms with E-state index in [1.54, 1.807) is 0 Å². The van der Waals surface area contributed by atoms with Crippen molar-refractivity contribution in [2.75, 3.05) is 0 Å². The molecule has 0 N–H and O–H groups in total. The Hall–Kier alpha value is -1.37. The molecule has 84 valence electrons. The van der Waals surface area contributed by atoms with E-state index in [9.17, 15) is 0 Å². The summed E-state index contributed by atoms with van der Waals surface area (Å²) >= 11 is 0. The minimum Gasteiger partial charge on any atom is -0.260 e. The van der Waals surface area contributed by atoms with Crippen molar-refractivity contribution in [3.8, 4) is 0 Å². The number of aromatic nitrogens is 1. The highest BCUT2D eigenvalue weighted by Gasteiger charge is 2.08. The molecule has 0 radical (unpaired) electrons. The lowest BCUT2D eigenvalue weighted by Crippen LogP contribution is -1.95. The van der Waals surface area contributed by atoms with Crippen molar-refractivity contribution in [1.29, 1.82) is 0 Å². The maximum absolute atomic E-state index is 4.58. The predicted octanol–water partition coefficient (Wildman–Crippen LogP) is 3.94. The number of rotatable bonds is 2. The minimum absolute atomic E-state index is 1.16. The van der Waals surface area contributed by atoms with Crippen LogP contribution in [-0.4, -0.2) is 4.98 Å². The SMILES string of the molecule is C/C=C\C=C/c1cnc2c(c1)CCCCC2.